The molecule has 1 heterocycles. The molecule has 1 N–H and O–H groups in total. The summed E-state index contributed by atoms with van der Waals surface area (Å²) >= 11 is 0. The summed E-state index contributed by atoms with van der Waals surface area (Å²) in [6, 6.07) is 6.30. The van der Waals surface area contributed by atoms with E-state index in [-0.39, 0.29) is 6.10 Å². The van der Waals surface area contributed by atoms with Crippen LogP contribution in [0, 0.1) is 17.1 Å². The lowest BCUT2D eigenvalue weighted by molar-refractivity contribution is 0.0340. The molecule has 1 unspecified atom stereocenters. The Morgan fingerprint density at radius 3 is 3.06 bits per heavy atom. The van der Waals surface area contributed by atoms with Crippen LogP contribution in [0.1, 0.15) is 5.56 Å². The molecule has 96 valence electrons. The van der Waals surface area contributed by atoms with Crippen LogP contribution in [0.4, 0.5) is 10.1 Å². The van der Waals surface area contributed by atoms with Gasteiger partial charge in [0.15, 0.2) is 0 Å². The lowest BCUT2D eigenvalue weighted by Gasteiger charge is -2.29. The highest BCUT2D eigenvalue weighted by atomic mass is 19.1. The van der Waals surface area contributed by atoms with Crippen LogP contribution in [0.15, 0.2) is 18.2 Å². The molecule has 2 rings (SSSR count). The van der Waals surface area contributed by atoms with E-state index in [0.29, 0.717) is 24.4 Å². The van der Waals surface area contributed by atoms with Gasteiger partial charge in [-0.1, -0.05) is 0 Å². The summed E-state index contributed by atoms with van der Waals surface area (Å²) in [6.07, 6.45) is 0.0950. The Kier molecular flexibility index (Phi) is 4.13. The number of halogens is 1. The molecule has 1 aromatic carbocycles. The van der Waals surface area contributed by atoms with Crippen LogP contribution in [-0.4, -0.2) is 39.4 Å². The van der Waals surface area contributed by atoms with Crippen molar-refractivity contribution in [3.8, 4) is 6.07 Å². The Morgan fingerprint density at radius 1 is 1.56 bits per heavy atom. The van der Waals surface area contributed by atoms with Crippen LogP contribution < -0.4 is 10.2 Å². The first kappa shape index (κ1) is 12.8. The molecule has 1 aromatic rings. The summed E-state index contributed by atoms with van der Waals surface area (Å²) in [4.78, 5) is 1.90. The van der Waals surface area contributed by atoms with E-state index in [0.717, 1.165) is 13.1 Å². The standard InChI is InChI=1S/C13H16FN3O/c1-17(9-13-8-16-2-3-18-13)12-5-10(7-15)4-11(14)6-12/h4-6,13,16H,2-3,8-9H2,1H3. The van der Waals surface area contributed by atoms with Gasteiger partial charge in [0.2, 0.25) is 0 Å². The summed E-state index contributed by atoms with van der Waals surface area (Å²) < 4.78 is 18.9. The fourth-order valence-corrected chi connectivity index (χ4v) is 2.01. The van der Waals surface area contributed by atoms with Gasteiger partial charge in [-0.25, -0.2) is 4.39 Å². The van der Waals surface area contributed by atoms with Gasteiger partial charge in [-0.2, -0.15) is 5.26 Å². The lowest BCUT2D eigenvalue weighted by atomic mass is 10.2. The van der Waals surface area contributed by atoms with Crippen molar-refractivity contribution >= 4 is 5.69 Å². The maximum absolute atomic E-state index is 13.3. The fourth-order valence-electron chi connectivity index (χ4n) is 2.01. The number of nitrogens with one attached hydrogen (secondary N) is 1. The molecule has 5 heteroatoms. The van der Waals surface area contributed by atoms with Gasteiger partial charge in [-0.15, -0.1) is 0 Å². The highest BCUT2D eigenvalue weighted by Crippen LogP contribution is 2.18. The summed E-state index contributed by atoms with van der Waals surface area (Å²) in [6.45, 7) is 3.04. The lowest BCUT2D eigenvalue weighted by Crippen LogP contribution is -2.44. The molecular formula is C13H16FN3O. The number of nitriles is 1. The van der Waals surface area contributed by atoms with Gasteiger partial charge in [0.1, 0.15) is 5.82 Å². The average Bonchev–Trinajstić information content (AvgIpc) is 2.39. The third-order valence-electron chi connectivity index (χ3n) is 2.93. The predicted molar refractivity (Wildman–Crippen MR) is 67.0 cm³/mol. The summed E-state index contributed by atoms with van der Waals surface area (Å²) in [7, 11) is 1.87. The van der Waals surface area contributed by atoms with E-state index in [2.05, 4.69) is 5.32 Å². The van der Waals surface area contributed by atoms with E-state index < -0.39 is 5.82 Å². The molecule has 0 amide bonds. The molecule has 18 heavy (non-hydrogen) atoms. The van der Waals surface area contributed by atoms with Gasteiger partial charge in [-0.3, -0.25) is 0 Å². The third-order valence-corrected chi connectivity index (χ3v) is 2.93. The van der Waals surface area contributed by atoms with Crippen molar-refractivity contribution in [2.24, 2.45) is 0 Å². The minimum absolute atomic E-state index is 0.0950. The zero-order chi connectivity index (χ0) is 13.0. The number of rotatable bonds is 3. The highest BCUT2D eigenvalue weighted by molar-refractivity contribution is 5.51. The number of anilines is 1. The van der Waals surface area contributed by atoms with Crippen molar-refractivity contribution in [2.75, 3.05) is 38.2 Å². The number of ether oxygens (including phenoxy) is 1. The molecule has 0 radical (unpaired) electrons. The van der Waals surface area contributed by atoms with Crippen LogP contribution in [0.5, 0.6) is 0 Å². The molecule has 1 aliphatic rings. The smallest absolute Gasteiger partial charge is 0.126 e. The first-order valence-electron chi connectivity index (χ1n) is 5.93. The van der Waals surface area contributed by atoms with Gasteiger partial charge >= 0.3 is 0 Å². The molecule has 0 aliphatic carbocycles. The summed E-state index contributed by atoms with van der Waals surface area (Å²) in [5.41, 5.74) is 1.03. The second-order valence-corrected chi connectivity index (χ2v) is 4.39. The largest absolute Gasteiger partial charge is 0.374 e. The number of nitrogens with zero attached hydrogens (tertiary/aromatic N) is 2. The normalized spacial score (nSPS) is 19.3. The molecule has 1 atom stereocenters. The molecule has 0 aromatic heterocycles. The molecular weight excluding hydrogens is 233 g/mol. The van der Waals surface area contributed by atoms with Gasteiger partial charge in [0.25, 0.3) is 0 Å². The molecule has 0 bridgehead atoms. The monoisotopic (exact) mass is 249 g/mol. The van der Waals surface area contributed by atoms with E-state index in [9.17, 15) is 4.39 Å². The number of hydrogen-bond donors (Lipinski definition) is 1. The van der Waals surface area contributed by atoms with Crippen molar-refractivity contribution in [3.05, 3.63) is 29.6 Å². The topological polar surface area (TPSA) is 48.3 Å². The van der Waals surface area contributed by atoms with Crippen molar-refractivity contribution in [1.82, 2.24) is 5.32 Å². The van der Waals surface area contributed by atoms with E-state index in [4.69, 9.17) is 10.00 Å². The molecule has 4 nitrogen and oxygen atoms in total. The van der Waals surface area contributed by atoms with Crippen molar-refractivity contribution in [3.63, 3.8) is 0 Å². The van der Waals surface area contributed by atoms with E-state index >= 15 is 0 Å². The number of morpholine rings is 1. The molecule has 1 saturated heterocycles. The van der Waals surface area contributed by atoms with Crippen LogP contribution >= 0.6 is 0 Å². The summed E-state index contributed by atoms with van der Waals surface area (Å²) in [5, 5.41) is 12.1. The Balaban J connectivity index is 2.05. The number of hydrogen-bond acceptors (Lipinski definition) is 4. The van der Waals surface area contributed by atoms with E-state index in [1.165, 1.54) is 12.1 Å². The Hall–Kier alpha value is -1.64. The van der Waals surface area contributed by atoms with Crippen molar-refractivity contribution in [2.45, 2.75) is 6.10 Å². The first-order chi connectivity index (χ1) is 8.69. The molecule has 1 aliphatic heterocycles. The van der Waals surface area contributed by atoms with Crippen LogP contribution in [0.2, 0.25) is 0 Å². The highest BCUT2D eigenvalue weighted by Gasteiger charge is 2.16. The Morgan fingerprint density at radius 2 is 2.39 bits per heavy atom. The second kappa shape index (κ2) is 5.80. The maximum Gasteiger partial charge on any atom is 0.126 e. The minimum atomic E-state index is -0.390. The van der Waals surface area contributed by atoms with E-state index in [1.54, 1.807) is 6.07 Å². The van der Waals surface area contributed by atoms with Crippen LogP contribution in [-0.2, 0) is 4.74 Å². The Bertz CT molecular complexity index is 452. The zero-order valence-corrected chi connectivity index (χ0v) is 10.3. The predicted octanol–water partition coefficient (Wildman–Crippen LogP) is 1.12. The molecule has 1 fully saturated rings. The van der Waals surface area contributed by atoms with Gasteiger partial charge in [0, 0.05) is 32.4 Å². The second-order valence-electron chi connectivity index (χ2n) is 4.39. The minimum Gasteiger partial charge on any atom is -0.374 e. The zero-order valence-electron chi connectivity index (χ0n) is 10.3. The SMILES string of the molecule is CN(CC1CNCCO1)c1cc(F)cc(C#N)c1. The van der Waals surface area contributed by atoms with Crippen LogP contribution in [0.25, 0.3) is 0 Å². The molecule has 0 saturated carbocycles. The van der Waals surface area contributed by atoms with Gasteiger partial charge in [0.05, 0.1) is 24.3 Å². The van der Waals surface area contributed by atoms with E-state index in [1.807, 2.05) is 18.0 Å². The van der Waals surface area contributed by atoms with Gasteiger partial charge in [-0.05, 0) is 18.2 Å². The number of likely N-dealkylation sites (N-methyl/N-ethyl adjacent to an activating group) is 1. The first-order valence-corrected chi connectivity index (χ1v) is 5.93. The van der Waals surface area contributed by atoms with Crippen LogP contribution in [0.3, 0.4) is 0 Å². The number of benzene rings is 1. The maximum atomic E-state index is 13.3. The average molecular weight is 249 g/mol. The third kappa shape index (κ3) is 3.19. The summed E-state index contributed by atoms with van der Waals surface area (Å²) in [5.74, 6) is -0.390. The van der Waals surface area contributed by atoms with Crippen molar-refractivity contribution < 1.29 is 9.13 Å². The fraction of sp³-hybridized carbons (Fsp3) is 0.462. The Labute approximate surface area is 106 Å². The molecule has 0 spiro atoms. The van der Waals surface area contributed by atoms with Crippen molar-refractivity contribution in [1.29, 1.82) is 5.26 Å². The van der Waals surface area contributed by atoms with Gasteiger partial charge < -0.3 is 15.0 Å². The quantitative estimate of drug-likeness (QED) is 0.872.